The number of nitrogens with one attached hydrogen (secondary N) is 1. The van der Waals surface area contributed by atoms with E-state index in [2.05, 4.69) is 27.6 Å². The first-order valence-electron chi connectivity index (χ1n) is 6.63. The van der Waals surface area contributed by atoms with Crippen LogP contribution in [0.1, 0.15) is 44.2 Å². The summed E-state index contributed by atoms with van der Waals surface area (Å²) in [5, 5.41) is 6.50. The third-order valence-electron chi connectivity index (χ3n) is 3.57. The van der Waals surface area contributed by atoms with Crippen molar-refractivity contribution in [3.63, 3.8) is 0 Å². The van der Waals surface area contributed by atoms with Gasteiger partial charge in [-0.3, -0.25) is 0 Å². The first-order valence-corrected chi connectivity index (χ1v) is 7.51. The molecule has 1 aliphatic carbocycles. The van der Waals surface area contributed by atoms with Gasteiger partial charge in [0.25, 0.3) is 0 Å². The molecule has 0 aliphatic heterocycles. The number of nitrogens with zero attached hydrogens (tertiary/aromatic N) is 2. The van der Waals surface area contributed by atoms with Crippen molar-refractivity contribution in [2.24, 2.45) is 0 Å². The van der Waals surface area contributed by atoms with Crippen LogP contribution in [-0.4, -0.2) is 25.1 Å². The Kier molecular flexibility index (Phi) is 4.80. The average Bonchev–Trinajstić information content (AvgIpc) is 2.64. The third-order valence-corrected chi connectivity index (χ3v) is 4.55. The number of hydrogen-bond donors (Lipinski definition) is 1. The van der Waals surface area contributed by atoms with Gasteiger partial charge in [-0.25, -0.2) is 4.98 Å². The fourth-order valence-electron chi connectivity index (χ4n) is 2.52. The lowest BCUT2D eigenvalue weighted by Gasteiger charge is -2.26. The molecule has 3 nitrogen and oxygen atoms in total. The standard InChI is InChI=1S/C13H23N3S/c1-14-9-11-10-17-13(15-11)16(2)12-7-5-3-4-6-8-12/h10,12,14H,3-9H2,1-2H3. The van der Waals surface area contributed by atoms with E-state index in [0.717, 1.165) is 12.2 Å². The topological polar surface area (TPSA) is 28.2 Å². The Hall–Kier alpha value is -0.610. The van der Waals surface area contributed by atoms with E-state index >= 15 is 0 Å². The van der Waals surface area contributed by atoms with E-state index in [-0.39, 0.29) is 0 Å². The first-order chi connectivity index (χ1) is 8.31. The van der Waals surface area contributed by atoms with Crippen molar-refractivity contribution in [1.82, 2.24) is 10.3 Å². The number of rotatable bonds is 4. The van der Waals surface area contributed by atoms with Gasteiger partial charge in [-0.15, -0.1) is 11.3 Å². The van der Waals surface area contributed by atoms with Gasteiger partial charge in [-0.2, -0.15) is 0 Å². The maximum atomic E-state index is 4.69. The highest BCUT2D eigenvalue weighted by molar-refractivity contribution is 7.13. The monoisotopic (exact) mass is 253 g/mol. The lowest BCUT2D eigenvalue weighted by atomic mass is 10.1. The summed E-state index contributed by atoms with van der Waals surface area (Å²) in [6.07, 6.45) is 8.24. The normalized spacial score (nSPS) is 18.0. The molecule has 1 aromatic heterocycles. The number of thiazole rings is 1. The van der Waals surface area contributed by atoms with Gasteiger partial charge in [0.1, 0.15) is 0 Å². The molecule has 96 valence electrons. The van der Waals surface area contributed by atoms with Crippen LogP contribution in [0.25, 0.3) is 0 Å². The summed E-state index contributed by atoms with van der Waals surface area (Å²) >= 11 is 1.77. The van der Waals surface area contributed by atoms with Crippen LogP contribution in [0.3, 0.4) is 0 Å². The molecule has 0 unspecified atom stereocenters. The second-order valence-electron chi connectivity index (χ2n) is 4.91. The Bertz CT molecular complexity index is 329. The summed E-state index contributed by atoms with van der Waals surface area (Å²) < 4.78 is 0. The van der Waals surface area contributed by atoms with Gasteiger partial charge in [-0.1, -0.05) is 25.7 Å². The largest absolute Gasteiger partial charge is 0.348 e. The lowest BCUT2D eigenvalue weighted by Crippen LogP contribution is -2.31. The van der Waals surface area contributed by atoms with Crippen LogP contribution in [0.2, 0.25) is 0 Å². The summed E-state index contributed by atoms with van der Waals surface area (Å²) in [4.78, 5) is 7.09. The molecule has 1 saturated carbocycles. The summed E-state index contributed by atoms with van der Waals surface area (Å²) in [6, 6.07) is 0.700. The van der Waals surface area contributed by atoms with Crippen molar-refractivity contribution in [2.75, 3.05) is 19.0 Å². The molecule has 1 aromatic rings. The van der Waals surface area contributed by atoms with Gasteiger partial charge >= 0.3 is 0 Å². The Balaban J connectivity index is 1.98. The van der Waals surface area contributed by atoms with Gasteiger partial charge in [0.2, 0.25) is 0 Å². The van der Waals surface area contributed by atoms with Gasteiger partial charge in [0.15, 0.2) is 5.13 Å². The number of hydrogen-bond acceptors (Lipinski definition) is 4. The fraction of sp³-hybridized carbons (Fsp3) is 0.769. The molecule has 0 spiro atoms. The van der Waals surface area contributed by atoms with E-state index in [1.54, 1.807) is 11.3 Å². The van der Waals surface area contributed by atoms with E-state index < -0.39 is 0 Å². The van der Waals surface area contributed by atoms with E-state index in [1.807, 2.05) is 7.05 Å². The Labute approximate surface area is 108 Å². The molecular weight excluding hydrogens is 230 g/mol. The molecule has 1 fully saturated rings. The van der Waals surface area contributed by atoms with Gasteiger partial charge in [0.05, 0.1) is 5.69 Å². The molecule has 4 heteroatoms. The minimum Gasteiger partial charge on any atom is -0.348 e. The molecule has 0 aromatic carbocycles. The molecular formula is C13H23N3S. The van der Waals surface area contributed by atoms with E-state index in [9.17, 15) is 0 Å². The van der Waals surface area contributed by atoms with E-state index in [0.29, 0.717) is 6.04 Å². The van der Waals surface area contributed by atoms with Crippen LogP contribution in [-0.2, 0) is 6.54 Å². The molecule has 0 amide bonds. The van der Waals surface area contributed by atoms with E-state index in [4.69, 9.17) is 0 Å². The summed E-state index contributed by atoms with van der Waals surface area (Å²) in [5.74, 6) is 0. The van der Waals surface area contributed by atoms with Gasteiger partial charge in [-0.05, 0) is 19.9 Å². The zero-order chi connectivity index (χ0) is 12.1. The van der Waals surface area contributed by atoms with Crippen LogP contribution < -0.4 is 10.2 Å². The minimum absolute atomic E-state index is 0.700. The molecule has 0 bridgehead atoms. The molecule has 2 rings (SSSR count). The van der Waals surface area contributed by atoms with Crippen molar-refractivity contribution in [1.29, 1.82) is 0 Å². The van der Waals surface area contributed by atoms with Crippen LogP contribution >= 0.6 is 11.3 Å². The Morgan fingerprint density at radius 2 is 2.06 bits per heavy atom. The highest BCUT2D eigenvalue weighted by Crippen LogP contribution is 2.27. The zero-order valence-corrected chi connectivity index (χ0v) is 11.7. The lowest BCUT2D eigenvalue weighted by molar-refractivity contribution is 0.551. The second kappa shape index (κ2) is 6.36. The van der Waals surface area contributed by atoms with Crippen molar-refractivity contribution >= 4 is 16.5 Å². The Morgan fingerprint density at radius 3 is 2.71 bits per heavy atom. The maximum absolute atomic E-state index is 4.69. The van der Waals surface area contributed by atoms with Crippen molar-refractivity contribution in [2.45, 2.75) is 51.1 Å². The quantitative estimate of drug-likeness (QED) is 0.836. The fourth-order valence-corrected chi connectivity index (χ4v) is 3.38. The van der Waals surface area contributed by atoms with E-state index in [1.165, 1.54) is 43.7 Å². The smallest absolute Gasteiger partial charge is 0.185 e. The second-order valence-corrected chi connectivity index (χ2v) is 5.74. The van der Waals surface area contributed by atoms with Crippen LogP contribution in [0.5, 0.6) is 0 Å². The van der Waals surface area contributed by atoms with Gasteiger partial charge < -0.3 is 10.2 Å². The van der Waals surface area contributed by atoms with Crippen LogP contribution in [0, 0.1) is 0 Å². The van der Waals surface area contributed by atoms with Crippen LogP contribution in [0.4, 0.5) is 5.13 Å². The molecule has 17 heavy (non-hydrogen) atoms. The van der Waals surface area contributed by atoms with Gasteiger partial charge in [0, 0.05) is 25.0 Å². The Morgan fingerprint density at radius 1 is 1.35 bits per heavy atom. The maximum Gasteiger partial charge on any atom is 0.185 e. The van der Waals surface area contributed by atoms with Crippen LogP contribution in [0.15, 0.2) is 5.38 Å². The minimum atomic E-state index is 0.700. The average molecular weight is 253 g/mol. The number of aromatic nitrogens is 1. The molecule has 0 saturated heterocycles. The SMILES string of the molecule is CNCc1csc(N(C)C2CCCCCC2)n1. The van der Waals surface area contributed by atoms with Crippen molar-refractivity contribution in [3.8, 4) is 0 Å². The zero-order valence-electron chi connectivity index (χ0n) is 10.9. The summed E-state index contributed by atoms with van der Waals surface area (Å²) in [6.45, 7) is 0.870. The van der Waals surface area contributed by atoms with Crippen molar-refractivity contribution in [3.05, 3.63) is 11.1 Å². The molecule has 1 N–H and O–H groups in total. The highest BCUT2D eigenvalue weighted by atomic mass is 32.1. The third kappa shape index (κ3) is 3.42. The summed E-state index contributed by atoms with van der Waals surface area (Å²) in [7, 11) is 4.17. The predicted molar refractivity (Wildman–Crippen MR) is 74.8 cm³/mol. The highest BCUT2D eigenvalue weighted by Gasteiger charge is 2.19. The molecule has 1 heterocycles. The number of anilines is 1. The molecule has 0 radical (unpaired) electrons. The molecule has 0 atom stereocenters. The molecule has 1 aliphatic rings. The summed E-state index contributed by atoms with van der Waals surface area (Å²) in [5.41, 5.74) is 1.16. The first kappa shape index (κ1) is 12.8. The predicted octanol–water partition coefficient (Wildman–Crippen LogP) is 3.02. The van der Waals surface area contributed by atoms with Crippen molar-refractivity contribution < 1.29 is 0 Å².